The van der Waals surface area contributed by atoms with Crippen molar-refractivity contribution in [2.24, 2.45) is 0 Å². The Balaban J connectivity index is 1.67. The summed E-state index contributed by atoms with van der Waals surface area (Å²) in [4.78, 5) is 22.4. The van der Waals surface area contributed by atoms with Gasteiger partial charge in [-0.1, -0.05) is 42.5 Å². The quantitative estimate of drug-likeness (QED) is 0.352. The SMILES string of the molecule is COc1ccc(CC2c3ncccc3N(c3ccccc3)C(=O)N2c2ccccc2)c(OC)c1. The van der Waals surface area contributed by atoms with Gasteiger partial charge in [-0.3, -0.25) is 14.8 Å². The largest absolute Gasteiger partial charge is 0.497 e. The lowest BCUT2D eigenvalue weighted by atomic mass is 9.96. The molecule has 0 spiro atoms. The van der Waals surface area contributed by atoms with Crippen LogP contribution in [0.2, 0.25) is 0 Å². The number of aromatic nitrogens is 1. The minimum atomic E-state index is -0.326. The lowest BCUT2D eigenvalue weighted by Gasteiger charge is -2.42. The molecule has 1 aliphatic heterocycles. The Kier molecular flexibility index (Phi) is 5.87. The topological polar surface area (TPSA) is 54.9 Å². The van der Waals surface area contributed by atoms with E-state index in [-0.39, 0.29) is 12.1 Å². The van der Waals surface area contributed by atoms with Crippen LogP contribution in [0, 0.1) is 0 Å². The minimum absolute atomic E-state index is 0.129. The maximum absolute atomic E-state index is 14.1. The van der Waals surface area contributed by atoms with Crippen LogP contribution in [0.5, 0.6) is 11.5 Å². The molecule has 0 radical (unpaired) electrons. The van der Waals surface area contributed by atoms with Gasteiger partial charge < -0.3 is 9.47 Å². The van der Waals surface area contributed by atoms with Gasteiger partial charge >= 0.3 is 6.03 Å². The fourth-order valence-corrected chi connectivity index (χ4v) is 4.44. The third-order valence-electron chi connectivity index (χ3n) is 6.04. The summed E-state index contributed by atoms with van der Waals surface area (Å²) in [5.74, 6) is 1.43. The molecule has 34 heavy (non-hydrogen) atoms. The molecule has 2 heterocycles. The number of hydrogen-bond acceptors (Lipinski definition) is 4. The summed E-state index contributed by atoms with van der Waals surface area (Å²) >= 11 is 0. The van der Waals surface area contributed by atoms with Crippen LogP contribution in [-0.4, -0.2) is 25.2 Å². The van der Waals surface area contributed by atoms with Gasteiger partial charge in [-0.05, 0) is 48.0 Å². The monoisotopic (exact) mass is 451 g/mol. The molecule has 0 aliphatic carbocycles. The smallest absolute Gasteiger partial charge is 0.334 e. The molecule has 0 N–H and O–H groups in total. The van der Waals surface area contributed by atoms with Gasteiger partial charge in [0.05, 0.1) is 37.3 Å². The number of methoxy groups -OCH3 is 2. The molecule has 0 bridgehead atoms. The van der Waals surface area contributed by atoms with E-state index < -0.39 is 0 Å². The molecule has 6 heteroatoms. The highest BCUT2D eigenvalue weighted by Crippen LogP contribution is 2.44. The van der Waals surface area contributed by atoms with E-state index in [1.54, 1.807) is 25.3 Å². The molecule has 4 aromatic rings. The number of carbonyl (C=O) groups is 1. The van der Waals surface area contributed by atoms with Crippen LogP contribution in [0.1, 0.15) is 17.3 Å². The average molecular weight is 452 g/mol. The average Bonchev–Trinajstić information content (AvgIpc) is 2.90. The maximum atomic E-state index is 14.1. The van der Waals surface area contributed by atoms with E-state index in [0.717, 1.165) is 28.3 Å². The van der Waals surface area contributed by atoms with Crippen LogP contribution < -0.4 is 19.3 Å². The van der Waals surface area contributed by atoms with Crippen LogP contribution in [-0.2, 0) is 6.42 Å². The fourth-order valence-electron chi connectivity index (χ4n) is 4.44. The van der Waals surface area contributed by atoms with Gasteiger partial charge in [0.15, 0.2) is 0 Å². The Morgan fingerprint density at radius 1 is 0.824 bits per heavy atom. The zero-order chi connectivity index (χ0) is 23.5. The number of amides is 2. The Morgan fingerprint density at radius 2 is 1.53 bits per heavy atom. The van der Waals surface area contributed by atoms with Gasteiger partial charge in [0, 0.05) is 24.4 Å². The molecule has 0 saturated carbocycles. The summed E-state index contributed by atoms with van der Waals surface area (Å²) in [5, 5.41) is 0. The van der Waals surface area contributed by atoms with Crippen molar-refractivity contribution in [2.75, 3.05) is 24.0 Å². The van der Waals surface area contributed by atoms with E-state index in [9.17, 15) is 4.79 Å². The maximum Gasteiger partial charge on any atom is 0.334 e. The van der Waals surface area contributed by atoms with Gasteiger partial charge in [-0.25, -0.2) is 4.79 Å². The first-order valence-electron chi connectivity index (χ1n) is 11.1. The van der Waals surface area contributed by atoms with Crippen LogP contribution >= 0.6 is 0 Å². The zero-order valence-electron chi connectivity index (χ0n) is 19.1. The first-order valence-corrected chi connectivity index (χ1v) is 11.1. The molecule has 2 amide bonds. The summed E-state index contributed by atoms with van der Waals surface area (Å²) in [6, 6.07) is 28.5. The summed E-state index contributed by atoms with van der Waals surface area (Å²) in [6.07, 6.45) is 2.31. The van der Waals surface area contributed by atoms with Gasteiger partial charge in [0.1, 0.15) is 11.5 Å². The molecule has 1 aromatic heterocycles. The highest BCUT2D eigenvalue weighted by atomic mass is 16.5. The number of fused-ring (bicyclic) bond motifs is 1. The van der Waals surface area contributed by atoms with Crippen molar-refractivity contribution in [1.29, 1.82) is 0 Å². The van der Waals surface area contributed by atoms with Crippen molar-refractivity contribution >= 4 is 23.1 Å². The number of hydrogen-bond donors (Lipinski definition) is 0. The second kappa shape index (κ2) is 9.27. The van der Waals surface area contributed by atoms with Gasteiger partial charge in [0.25, 0.3) is 0 Å². The van der Waals surface area contributed by atoms with E-state index in [1.165, 1.54) is 0 Å². The molecule has 0 fully saturated rings. The molecule has 5 rings (SSSR count). The van der Waals surface area contributed by atoms with E-state index in [0.29, 0.717) is 17.9 Å². The van der Waals surface area contributed by atoms with Crippen LogP contribution in [0.25, 0.3) is 0 Å². The molecule has 6 nitrogen and oxygen atoms in total. The van der Waals surface area contributed by atoms with E-state index in [2.05, 4.69) is 0 Å². The number of ether oxygens (including phenoxy) is 2. The molecular formula is C28H25N3O3. The first-order chi connectivity index (χ1) is 16.7. The number of urea groups is 1. The number of carbonyl (C=O) groups excluding carboxylic acids is 1. The second-order valence-corrected chi connectivity index (χ2v) is 7.96. The van der Waals surface area contributed by atoms with Crippen molar-refractivity contribution in [1.82, 2.24) is 4.98 Å². The van der Waals surface area contributed by atoms with Crippen molar-refractivity contribution in [3.8, 4) is 11.5 Å². The summed E-state index contributed by atoms with van der Waals surface area (Å²) in [6.45, 7) is 0. The second-order valence-electron chi connectivity index (χ2n) is 7.96. The number of para-hydroxylation sites is 2. The van der Waals surface area contributed by atoms with Gasteiger partial charge in [-0.15, -0.1) is 0 Å². The molecule has 1 unspecified atom stereocenters. The van der Waals surface area contributed by atoms with Crippen molar-refractivity contribution in [2.45, 2.75) is 12.5 Å². The molecule has 3 aromatic carbocycles. The van der Waals surface area contributed by atoms with Crippen LogP contribution in [0.3, 0.4) is 0 Å². The van der Waals surface area contributed by atoms with Crippen LogP contribution in [0.15, 0.2) is 97.2 Å². The number of rotatable bonds is 6. The van der Waals surface area contributed by atoms with Crippen molar-refractivity contribution < 1.29 is 14.3 Å². The van der Waals surface area contributed by atoms with Crippen LogP contribution in [0.4, 0.5) is 21.9 Å². The zero-order valence-corrected chi connectivity index (χ0v) is 19.1. The predicted octanol–water partition coefficient (Wildman–Crippen LogP) is 6.16. The standard InChI is InChI=1S/C28H25N3O3/c1-33-23-16-15-20(26(19-23)34-2)18-25-27-24(14-9-17-29-27)30(21-10-5-3-6-11-21)28(32)31(25)22-12-7-4-8-13-22/h3-17,19,25H,18H2,1-2H3. The van der Waals surface area contributed by atoms with Crippen molar-refractivity contribution in [3.63, 3.8) is 0 Å². The number of anilines is 3. The van der Waals surface area contributed by atoms with E-state index >= 15 is 0 Å². The van der Waals surface area contributed by atoms with Gasteiger partial charge in [0.2, 0.25) is 0 Å². The fraction of sp³-hybridized carbons (Fsp3) is 0.143. The highest BCUT2D eigenvalue weighted by molar-refractivity contribution is 6.11. The lowest BCUT2D eigenvalue weighted by molar-refractivity contribution is 0.249. The normalized spacial score (nSPS) is 15.1. The number of benzene rings is 3. The third-order valence-corrected chi connectivity index (χ3v) is 6.04. The molecule has 1 aliphatic rings. The summed E-state index contributed by atoms with van der Waals surface area (Å²) in [5.41, 5.74) is 4.17. The Labute approximate surface area is 199 Å². The number of pyridine rings is 1. The Morgan fingerprint density at radius 3 is 2.21 bits per heavy atom. The lowest BCUT2D eigenvalue weighted by Crippen LogP contribution is -2.48. The summed E-state index contributed by atoms with van der Waals surface area (Å²) in [7, 11) is 3.27. The van der Waals surface area contributed by atoms with Crippen molar-refractivity contribution in [3.05, 3.63) is 108 Å². The van der Waals surface area contributed by atoms with E-state index in [4.69, 9.17) is 14.5 Å². The molecule has 170 valence electrons. The number of nitrogens with zero attached hydrogens (tertiary/aromatic N) is 3. The first kappa shape index (κ1) is 21.5. The van der Waals surface area contributed by atoms with E-state index in [1.807, 2.05) is 95.9 Å². The predicted molar refractivity (Wildman–Crippen MR) is 133 cm³/mol. The van der Waals surface area contributed by atoms with Gasteiger partial charge in [-0.2, -0.15) is 0 Å². The molecule has 0 saturated heterocycles. The Bertz CT molecular complexity index is 1290. The minimum Gasteiger partial charge on any atom is -0.497 e. The molecular weight excluding hydrogens is 426 g/mol. The third kappa shape index (κ3) is 3.83. The highest BCUT2D eigenvalue weighted by Gasteiger charge is 2.40. The Hall–Kier alpha value is -4.32. The molecule has 1 atom stereocenters. The summed E-state index contributed by atoms with van der Waals surface area (Å²) < 4.78 is 11.0.